The first-order valence-electron chi connectivity index (χ1n) is 10.8. The van der Waals surface area contributed by atoms with Gasteiger partial charge < -0.3 is 15.4 Å². The smallest absolute Gasteiger partial charge is 0.330 e. The van der Waals surface area contributed by atoms with E-state index in [2.05, 4.69) is 10.6 Å². The summed E-state index contributed by atoms with van der Waals surface area (Å²) in [5.41, 5.74) is 0.874. The number of nitrogens with one attached hydrogen (secondary N) is 2. The van der Waals surface area contributed by atoms with Crippen LogP contribution >= 0.6 is 11.8 Å². The van der Waals surface area contributed by atoms with Gasteiger partial charge in [0.25, 0.3) is 5.91 Å². The van der Waals surface area contributed by atoms with Crippen molar-refractivity contribution >= 4 is 29.5 Å². The number of rotatable bonds is 11. The van der Waals surface area contributed by atoms with Gasteiger partial charge in [-0.3, -0.25) is 9.59 Å². The van der Waals surface area contributed by atoms with Gasteiger partial charge in [-0.05, 0) is 62.0 Å². The zero-order chi connectivity index (χ0) is 23.4. The summed E-state index contributed by atoms with van der Waals surface area (Å²) in [5.74, 6) is -0.0879. The summed E-state index contributed by atoms with van der Waals surface area (Å²) < 4.78 is 4.90. The van der Waals surface area contributed by atoms with Crippen LogP contribution in [0.3, 0.4) is 0 Å². The molecule has 0 radical (unpaired) electrons. The quantitative estimate of drug-likeness (QED) is 0.391. The molecule has 0 spiro atoms. The Labute approximate surface area is 194 Å². The standard InChI is InChI=1S/C25H32N2O4S/c1-4-25(16-13-19(14-17-25)11-12-22(28)31-5-2)27-24(30)21(15-18-32-3)26-23(29)20-9-7-6-8-10-20/h6-14,16,21H,4-5,15,17-18H2,1-3H3,(H,26,29)(H,27,30). The van der Waals surface area contributed by atoms with E-state index in [0.29, 0.717) is 31.4 Å². The second kappa shape index (κ2) is 12.9. The maximum Gasteiger partial charge on any atom is 0.330 e. The lowest BCUT2D eigenvalue weighted by atomic mass is 9.85. The first-order chi connectivity index (χ1) is 15.4. The van der Waals surface area contributed by atoms with Crippen LogP contribution in [0.25, 0.3) is 0 Å². The van der Waals surface area contributed by atoms with Crippen LogP contribution in [0.15, 0.2) is 66.3 Å². The number of carbonyl (C=O) groups excluding carboxylic acids is 3. The van der Waals surface area contributed by atoms with Crippen LogP contribution in [-0.4, -0.2) is 48.0 Å². The number of hydrogen-bond donors (Lipinski definition) is 2. The number of allylic oxidation sites excluding steroid dienone is 3. The van der Waals surface area contributed by atoms with Gasteiger partial charge in [0.2, 0.25) is 5.91 Å². The molecule has 1 aromatic rings. The van der Waals surface area contributed by atoms with Gasteiger partial charge in [0, 0.05) is 11.6 Å². The van der Waals surface area contributed by atoms with Crippen LogP contribution in [0.5, 0.6) is 0 Å². The van der Waals surface area contributed by atoms with Gasteiger partial charge in [0.1, 0.15) is 6.04 Å². The molecular weight excluding hydrogens is 424 g/mol. The summed E-state index contributed by atoms with van der Waals surface area (Å²) >= 11 is 1.63. The Morgan fingerprint density at radius 1 is 1.22 bits per heavy atom. The largest absolute Gasteiger partial charge is 0.463 e. The lowest BCUT2D eigenvalue weighted by molar-refractivity contribution is -0.137. The number of thioether (sulfide) groups is 1. The molecule has 2 rings (SSSR count). The average molecular weight is 457 g/mol. The van der Waals surface area contributed by atoms with E-state index in [4.69, 9.17) is 4.74 Å². The highest BCUT2D eigenvalue weighted by Gasteiger charge is 2.31. The normalized spacial score (nSPS) is 18.7. The van der Waals surface area contributed by atoms with Crippen LogP contribution < -0.4 is 10.6 Å². The minimum Gasteiger partial charge on any atom is -0.463 e. The maximum absolute atomic E-state index is 13.2. The first-order valence-corrected chi connectivity index (χ1v) is 12.2. The van der Waals surface area contributed by atoms with Gasteiger partial charge in [-0.2, -0.15) is 11.8 Å². The Bertz CT molecular complexity index is 879. The van der Waals surface area contributed by atoms with Crippen molar-refractivity contribution in [3.63, 3.8) is 0 Å². The van der Waals surface area contributed by atoms with E-state index in [1.165, 1.54) is 6.08 Å². The molecule has 2 atom stereocenters. The third kappa shape index (κ3) is 7.71. The zero-order valence-electron chi connectivity index (χ0n) is 18.9. The molecule has 0 aliphatic heterocycles. The van der Waals surface area contributed by atoms with Crippen molar-refractivity contribution in [3.05, 3.63) is 71.8 Å². The molecule has 6 nitrogen and oxygen atoms in total. The van der Waals surface area contributed by atoms with E-state index in [9.17, 15) is 14.4 Å². The molecule has 2 amide bonds. The molecule has 0 saturated heterocycles. The van der Waals surface area contributed by atoms with Gasteiger partial charge in [-0.15, -0.1) is 0 Å². The van der Waals surface area contributed by atoms with Crippen molar-refractivity contribution in [2.24, 2.45) is 0 Å². The highest BCUT2D eigenvalue weighted by molar-refractivity contribution is 7.98. The highest BCUT2D eigenvalue weighted by atomic mass is 32.2. The lowest BCUT2D eigenvalue weighted by Crippen LogP contribution is -2.55. The zero-order valence-corrected chi connectivity index (χ0v) is 19.7. The molecule has 0 fully saturated rings. The summed E-state index contributed by atoms with van der Waals surface area (Å²) in [6.45, 7) is 4.11. The SMILES string of the molecule is CCOC(=O)C=CC1=CCC(CC)(NC(=O)C(CCSC)NC(=O)c2ccccc2)C=C1. The number of hydrogen-bond acceptors (Lipinski definition) is 5. The second-order valence-electron chi connectivity index (χ2n) is 7.50. The summed E-state index contributed by atoms with van der Waals surface area (Å²) in [6.07, 6.45) is 12.7. The van der Waals surface area contributed by atoms with Gasteiger partial charge >= 0.3 is 5.97 Å². The summed E-state index contributed by atoms with van der Waals surface area (Å²) in [5, 5.41) is 6.03. The van der Waals surface area contributed by atoms with Crippen LogP contribution in [0.4, 0.5) is 0 Å². The average Bonchev–Trinajstić information content (AvgIpc) is 2.81. The summed E-state index contributed by atoms with van der Waals surface area (Å²) in [6, 6.07) is 8.27. The second-order valence-corrected chi connectivity index (χ2v) is 8.49. The minimum absolute atomic E-state index is 0.200. The molecule has 0 aromatic heterocycles. The number of ether oxygens (including phenoxy) is 1. The molecule has 2 N–H and O–H groups in total. The molecule has 32 heavy (non-hydrogen) atoms. The Hall–Kier alpha value is -2.80. The summed E-state index contributed by atoms with van der Waals surface area (Å²) in [7, 11) is 0. The van der Waals surface area contributed by atoms with Crippen molar-refractivity contribution in [1.82, 2.24) is 10.6 Å². The molecule has 2 unspecified atom stereocenters. The molecule has 0 bridgehead atoms. The van der Waals surface area contributed by atoms with Crippen molar-refractivity contribution < 1.29 is 19.1 Å². The molecule has 0 heterocycles. The molecule has 172 valence electrons. The number of carbonyl (C=O) groups is 3. The molecule has 1 aromatic carbocycles. The highest BCUT2D eigenvalue weighted by Crippen LogP contribution is 2.25. The van der Waals surface area contributed by atoms with E-state index < -0.39 is 11.6 Å². The third-order valence-corrected chi connectivity index (χ3v) is 5.91. The van der Waals surface area contributed by atoms with Crippen LogP contribution in [0.1, 0.15) is 43.5 Å². The molecule has 1 aliphatic rings. The summed E-state index contributed by atoms with van der Waals surface area (Å²) in [4.78, 5) is 37.3. The Kier molecular flexibility index (Phi) is 10.3. The molecule has 1 aliphatic carbocycles. The monoisotopic (exact) mass is 456 g/mol. The number of benzene rings is 1. The van der Waals surface area contributed by atoms with Crippen molar-refractivity contribution in [1.29, 1.82) is 0 Å². The van der Waals surface area contributed by atoms with Gasteiger partial charge in [0.05, 0.1) is 12.1 Å². The first kappa shape index (κ1) is 25.5. The minimum atomic E-state index is -0.624. The fourth-order valence-electron chi connectivity index (χ4n) is 3.28. The molecular formula is C25H32N2O4S. The van der Waals surface area contributed by atoms with Gasteiger partial charge in [-0.25, -0.2) is 4.79 Å². The Morgan fingerprint density at radius 3 is 2.56 bits per heavy atom. The van der Waals surface area contributed by atoms with Crippen LogP contribution in [0.2, 0.25) is 0 Å². The van der Waals surface area contributed by atoms with Crippen LogP contribution in [0, 0.1) is 0 Å². The van der Waals surface area contributed by atoms with E-state index in [-0.39, 0.29) is 17.8 Å². The van der Waals surface area contributed by atoms with Gasteiger partial charge in [-0.1, -0.05) is 43.4 Å². The lowest BCUT2D eigenvalue weighted by Gasteiger charge is -2.34. The number of amides is 2. The fraction of sp³-hybridized carbons (Fsp3) is 0.400. The fourth-order valence-corrected chi connectivity index (χ4v) is 3.75. The Morgan fingerprint density at radius 2 is 1.97 bits per heavy atom. The Balaban J connectivity index is 2.06. The van der Waals surface area contributed by atoms with E-state index in [0.717, 1.165) is 11.3 Å². The van der Waals surface area contributed by atoms with Crippen LogP contribution in [-0.2, 0) is 14.3 Å². The molecule has 7 heteroatoms. The molecule has 0 saturated carbocycles. The van der Waals surface area contributed by atoms with Crippen molar-refractivity contribution in [2.45, 2.75) is 44.7 Å². The topological polar surface area (TPSA) is 84.5 Å². The predicted octanol–water partition coefficient (Wildman–Crippen LogP) is 3.81. The van der Waals surface area contributed by atoms with Crippen molar-refractivity contribution in [3.8, 4) is 0 Å². The van der Waals surface area contributed by atoms with E-state index in [1.807, 2.05) is 37.5 Å². The van der Waals surface area contributed by atoms with E-state index in [1.54, 1.807) is 49.0 Å². The third-order valence-electron chi connectivity index (χ3n) is 5.27. The van der Waals surface area contributed by atoms with Crippen molar-refractivity contribution in [2.75, 3.05) is 18.6 Å². The van der Waals surface area contributed by atoms with Gasteiger partial charge in [0.15, 0.2) is 0 Å². The number of esters is 1. The maximum atomic E-state index is 13.2. The van der Waals surface area contributed by atoms with E-state index >= 15 is 0 Å². The predicted molar refractivity (Wildman–Crippen MR) is 129 cm³/mol.